The highest BCUT2D eigenvalue weighted by Crippen LogP contribution is 2.40. The van der Waals surface area contributed by atoms with Gasteiger partial charge in [0.2, 0.25) is 0 Å². The van der Waals surface area contributed by atoms with Crippen molar-refractivity contribution in [2.75, 3.05) is 12.4 Å². The lowest BCUT2D eigenvalue weighted by atomic mass is 10.0. The Balaban J connectivity index is 1.81. The van der Waals surface area contributed by atoms with Gasteiger partial charge in [0, 0.05) is 12.0 Å². The van der Waals surface area contributed by atoms with Crippen LogP contribution in [-0.4, -0.2) is 24.9 Å². The van der Waals surface area contributed by atoms with E-state index in [1.54, 1.807) is 26.0 Å². The number of ketones is 1. The number of Topliss-reactive ketones (excluding diaryl/α,β-unsaturated/α-hetero) is 1. The molecule has 2 aromatic rings. The van der Waals surface area contributed by atoms with Gasteiger partial charge in [-0.1, -0.05) is 13.0 Å². The monoisotopic (exact) mass is 371 g/mol. The number of halogens is 1. The van der Waals surface area contributed by atoms with E-state index < -0.39 is 17.8 Å². The predicted molar refractivity (Wildman–Crippen MR) is 100 cm³/mol. The Morgan fingerprint density at radius 3 is 2.67 bits per heavy atom. The van der Waals surface area contributed by atoms with Gasteiger partial charge in [-0.3, -0.25) is 9.59 Å². The fourth-order valence-electron chi connectivity index (χ4n) is 3.32. The topological polar surface area (TPSA) is 64.6 Å². The number of ether oxygens (including phenoxy) is 2. The molecule has 3 rings (SSSR count). The second-order valence-corrected chi connectivity index (χ2v) is 6.82. The molecular weight excluding hydrogens is 349 g/mol. The first-order chi connectivity index (χ1) is 12.8. The van der Waals surface area contributed by atoms with Gasteiger partial charge in [-0.15, -0.1) is 0 Å². The lowest BCUT2D eigenvalue weighted by Gasteiger charge is -2.18. The largest absolute Gasteiger partial charge is 0.495 e. The summed E-state index contributed by atoms with van der Waals surface area (Å²) >= 11 is 0. The van der Waals surface area contributed by atoms with E-state index in [4.69, 9.17) is 9.47 Å². The number of methoxy groups -OCH3 is 1. The highest BCUT2D eigenvalue weighted by atomic mass is 19.1. The molecule has 0 unspecified atom stereocenters. The van der Waals surface area contributed by atoms with Crippen molar-refractivity contribution in [3.05, 3.63) is 52.8 Å². The van der Waals surface area contributed by atoms with Gasteiger partial charge in [-0.25, -0.2) is 4.39 Å². The molecule has 0 aliphatic heterocycles. The SMILES string of the molecule is COc1ccc(C)cc1NC(=O)[C@H](C)Oc1ccc(F)c2c1C(=O)C[C@@H]2C. The molecule has 6 heteroatoms. The second kappa shape index (κ2) is 7.39. The van der Waals surface area contributed by atoms with Crippen LogP contribution >= 0.6 is 0 Å². The van der Waals surface area contributed by atoms with Crippen molar-refractivity contribution in [1.82, 2.24) is 0 Å². The standard InChI is InChI=1S/C21H22FNO4/c1-11-5-7-17(26-4)15(9-11)23-21(25)13(3)27-18-8-6-14(22)19-12(2)10-16(24)20(18)19/h5-9,12-13H,10H2,1-4H3,(H,23,25)/t12-,13-/m0/s1. The quantitative estimate of drug-likeness (QED) is 0.854. The molecule has 1 N–H and O–H groups in total. The molecule has 0 bridgehead atoms. The molecule has 1 aliphatic rings. The average molecular weight is 371 g/mol. The Labute approximate surface area is 157 Å². The normalized spacial score (nSPS) is 16.6. The lowest BCUT2D eigenvalue weighted by Crippen LogP contribution is -2.30. The van der Waals surface area contributed by atoms with Crippen LogP contribution in [-0.2, 0) is 4.79 Å². The van der Waals surface area contributed by atoms with E-state index in [1.165, 1.54) is 19.2 Å². The van der Waals surface area contributed by atoms with Crippen LogP contribution in [0.2, 0.25) is 0 Å². The third kappa shape index (κ3) is 3.65. The number of carbonyl (C=O) groups is 2. The Morgan fingerprint density at radius 1 is 1.26 bits per heavy atom. The summed E-state index contributed by atoms with van der Waals surface area (Å²) < 4.78 is 25.1. The summed E-state index contributed by atoms with van der Waals surface area (Å²) in [5.74, 6) is -0.406. The van der Waals surface area contributed by atoms with Crippen molar-refractivity contribution in [1.29, 1.82) is 0 Å². The minimum absolute atomic E-state index is 0.167. The summed E-state index contributed by atoms with van der Waals surface area (Å²) in [4.78, 5) is 24.8. The lowest BCUT2D eigenvalue weighted by molar-refractivity contribution is -0.122. The minimum atomic E-state index is -0.881. The van der Waals surface area contributed by atoms with E-state index in [1.807, 2.05) is 13.0 Å². The molecule has 1 aliphatic carbocycles. The number of fused-ring (bicyclic) bond motifs is 1. The van der Waals surface area contributed by atoms with Gasteiger partial charge < -0.3 is 14.8 Å². The maximum atomic E-state index is 14.1. The molecule has 1 amide bonds. The molecule has 0 fully saturated rings. The molecule has 5 nitrogen and oxygen atoms in total. The van der Waals surface area contributed by atoms with Gasteiger partial charge in [-0.2, -0.15) is 0 Å². The molecule has 0 heterocycles. The van der Waals surface area contributed by atoms with Gasteiger partial charge in [0.05, 0.1) is 18.4 Å². The van der Waals surface area contributed by atoms with Crippen molar-refractivity contribution < 1.29 is 23.5 Å². The second-order valence-electron chi connectivity index (χ2n) is 6.82. The molecule has 27 heavy (non-hydrogen) atoms. The third-order valence-electron chi connectivity index (χ3n) is 4.70. The Hall–Kier alpha value is -2.89. The molecule has 2 aromatic carbocycles. The van der Waals surface area contributed by atoms with Gasteiger partial charge in [0.25, 0.3) is 5.91 Å². The molecule has 0 saturated heterocycles. The molecule has 0 aromatic heterocycles. The number of aryl methyl sites for hydroxylation is 1. The predicted octanol–water partition coefficient (Wildman–Crippen LogP) is 4.24. The molecule has 0 saturated carbocycles. The van der Waals surface area contributed by atoms with Crippen LogP contribution in [0.25, 0.3) is 0 Å². The minimum Gasteiger partial charge on any atom is -0.495 e. The van der Waals surface area contributed by atoms with Crippen molar-refractivity contribution in [3.63, 3.8) is 0 Å². The summed E-state index contributed by atoms with van der Waals surface area (Å²) in [6, 6.07) is 8.12. The van der Waals surface area contributed by atoms with Gasteiger partial charge in [-0.05, 0) is 49.6 Å². The van der Waals surface area contributed by atoms with Crippen molar-refractivity contribution in [2.45, 2.75) is 39.2 Å². The summed E-state index contributed by atoms with van der Waals surface area (Å²) in [6.07, 6.45) is -0.637. The van der Waals surface area contributed by atoms with Gasteiger partial charge in [0.1, 0.15) is 17.3 Å². The van der Waals surface area contributed by atoms with Crippen LogP contribution in [0.3, 0.4) is 0 Å². The van der Waals surface area contributed by atoms with Crippen molar-refractivity contribution in [3.8, 4) is 11.5 Å². The number of hydrogen-bond donors (Lipinski definition) is 1. The highest BCUT2D eigenvalue weighted by Gasteiger charge is 2.33. The maximum absolute atomic E-state index is 14.1. The zero-order chi connectivity index (χ0) is 19.7. The third-order valence-corrected chi connectivity index (χ3v) is 4.70. The first-order valence-corrected chi connectivity index (χ1v) is 8.79. The van der Waals surface area contributed by atoms with Crippen LogP contribution in [0, 0.1) is 12.7 Å². The van der Waals surface area contributed by atoms with E-state index in [2.05, 4.69) is 5.32 Å². The fraction of sp³-hybridized carbons (Fsp3) is 0.333. The highest BCUT2D eigenvalue weighted by molar-refractivity contribution is 6.04. The molecule has 142 valence electrons. The van der Waals surface area contributed by atoms with Gasteiger partial charge >= 0.3 is 0 Å². The van der Waals surface area contributed by atoms with Crippen LogP contribution in [0.1, 0.15) is 47.7 Å². The Kier molecular flexibility index (Phi) is 5.17. The first kappa shape index (κ1) is 18.9. The van der Waals surface area contributed by atoms with Crippen LogP contribution in [0.4, 0.5) is 10.1 Å². The Bertz CT molecular complexity index is 909. The Morgan fingerprint density at radius 2 is 1.96 bits per heavy atom. The number of rotatable bonds is 5. The molecule has 0 radical (unpaired) electrons. The van der Waals surface area contributed by atoms with E-state index in [-0.39, 0.29) is 29.4 Å². The number of nitrogens with one attached hydrogen (secondary N) is 1. The molecular formula is C21H22FNO4. The van der Waals surface area contributed by atoms with Crippen LogP contribution < -0.4 is 14.8 Å². The zero-order valence-corrected chi connectivity index (χ0v) is 15.8. The number of hydrogen-bond acceptors (Lipinski definition) is 4. The van der Waals surface area contributed by atoms with Crippen LogP contribution in [0.5, 0.6) is 11.5 Å². The maximum Gasteiger partial charge on any atom is 0.265 e. The van der Waals surface area contributed by atoms with Gasteiger partial charge in [0.15, 0.2) is 11.9 Å². The van der Waals surface area contributed by atoms with Crippen molar-refractivity contribution in [2.24, 2.45) is 0 Å². The number of carbonyl (C=O) groups excluding carboxylic acids is 2. The molecule has 2 atom stereocenters. The smallest absolute Gasteiger partial charge is 0.265 e. The number of benzene rings is 2. The zero-order valence-electron chi connectivity index (χ0n) is 15.8. The van der Waals surface area contributed by atoms with Crippen LogP contribution in [0.15, 0.2) is 30.3 Å². The number of anilines is 1. The average Bonchev–Trinajstić information content (AvgIpc) is 2.93. The molecule has 0 spiro atoms. The number of amides is 1. The van der Waals surface area contributed by atoms with E-state index in [9.17, 15) is 14.0 Å². The summed E-state index contributed by atoms with van der Waals surface area (Å²) in [5.41, 5.74) is 2.11. The summed E-state index contributed by atoms with van der Waals surface area (Å²) in [6.45, 7) is 5.29. The summed E-state index contributed by atoms with van der Waals surface area (Å²) in [7, 11) is 1.52. The summed E-state index contributed by atoms with van der Waals surface area (Å²) in [5, 5.41) is 2.77. The van der Waals surface area contributed by atoms with Crippen molar-refractivity contribution >= 4 is 17.4 Å². The fourth-order valence-corrected chi connectivity index (χ4v) is 3.32. The first-order valence-electron chi connectivity index (χ1n) is 8.79. The van der Waals surface area contributed by atoms with E-state index >= 15 is 0 Å². The van der Waals surface area contributed by atoms with E-state index in [0.717, 1.165) is 5.56 Å². The van der Waals surface area contributed by atoms with E-state index in [0.29, 0.717) is 17.0 Å².